The van der Waals surface area contributed by atoms with Crippen molar-refractivity contribution in [1.82, 2.24) is 5.32 Å². The van der Waals surface area contributed by atoms with Crippen molar-refractivity contribution < 1.29 is 0 Å². The lowest BCUT2D eigenvalue weighted by molar-refractivity contribution is 0.627. The van der Waals surface area contributed by atoms with Crippen molar-refractivity contribution in [3.05, 3.63) is 69.7 Å². The Balaban J connectivity index is 2.45. The highest BCUT2D eigenvalue weighted by molar-refractivity contribution is 6.30. The van der Waals surface area contributed by atoms with Gasteiger partial charge in [0.1, 0.15) is 0 Å². The largest absolute Gasteiger partial charge is 0.307 e. The summed E-state index contributed by atoms with van der Waals surface area (Å²) in [4.78, 5) is 0. The van der Waals surface area contributed by atoms with E-state index in [4.69, 9.17) is 11.6 Å². The van der Waals surface area contributed by atoms with E-state index in [0.29, 0.717) is 0 Å². The van der Waals surface area contributed by atoms with Crippen molar-refractivity contribution in [2.75, 3.05) is 6.54 Å². The molecule has 0 saturated carbocycles. The lowest BCUT2D eigenvalue weighted by Gasteiger charge is -2.21. The normalized spacial score (nSPS) is 12.4. The monoisotopic (exact) mass is 273 g/mol. The Hall–Kier alpha value is -1.31. The molecule has 0 amide bonds. The summed E-state index contributed by atoms with van der Waals surface area (Å²) in [7, 11) is 0. The molecule has 1 N–H and O–H groups in total. The molecule has 2 aromatic rings. The van der Waals surface area contributed by atoms with Crippen LogP contribution < -0.4 is 5.32 Å². The van der Waals surface area contributed by atoms with Crippen LogP contribution in [0.1, 0.15) is 35.2 Å². The highest BCUT2D eigenvalue weighted by Crippen LogP contribution is 2.27. The molecule has 0 spiro atoms. The summed E-state index contributed by atoms with van der Waals surface area (Å²) in [5, 5.41) is 4.33. The van der Waals surface area contributed by atoms with Crippen LogP contribution in [0.5, 0.6) is 0 Å². The Morgan fingerprint density at radius 3 is 2.53 bits per heavy atom. The fourth-order valence-corrected chi connectivity index (χ4v) is 2.65. The summed E-state index contributed by atoms with van der Waals surface area (Å²) in [6.07, 6.45) is 0. The zero-order valence-electron chi connectivity index (χ0n) is 11.7. The molecular formula is C17H20ClN. The van der Waals surface area contributed by atoms with Gasteiger partial charge in [0.25, 0.3) is 0 Å². The molecule has 0 aromatic heterocycles. The molecule has 0 fully saturated rings. The highest BCUT2D eigenvalue weighted by atomic mass is 35.5. The second-order valence-electron chi connectivity index (χ2n) is 4.91. The molecule has 0 saturated heterocycles. The highest BCUT2D eigenvalue weighted by Gasteiger charge is 2.15. The van der Waals surface area contributed by atoms with Gasteiger partial charge in [-0.15, -0.1) is 0 Å². The van der Waals surface area contributed by atoms with Crippen LogP contribution in [0.4, 0.5) is 0 Å². The number of hydrogen-bond acceptors (Lipinski definition) is 1. The number of aryl methyl sites for hydroxylation is 2. The van der Waals surface area contributed by atoms with Crippen LogP contribution in [0.25, 0.3) is 0 Å². The molecule has 1 atom stereocenters. The third kappa shape index (κ3) is 3.37. The van der Waals surface area contributed by atoms with E-state index in [1.54, 1.807) is 0 Å². The van der Waals surface area contributed by atoms with E-state index in [1.165, 1.54) is 22.3 Å². The average Bonchev–Trinajstić information content (AvgIpc) is 2.37. The fourth-order valence-electron chi connectivity index (χ4n) is 2.45. The summed E-state index contributed by atoms with van der Waals surface area (Å²) in [6.45, 7) is 7.33. The Bertz CT molecular complexity index is 563. The van der Waals surface area contributed by atoms with Gasteiger partial charge in [-0.05, 0) is 49.2 Å². The minimum atomic E-state index is 0.198. The van der Waals surface area contributed by atoms with E-state index in [1.807, 2.05) is 18.2 Å². The molecule has 1 nitrogen and oxygen atoms in total. The first-order chi connectivity index (χ1) is 9.11. The summed E-state index contributed by atoms with van der Waals surface area (Å²) in [5.74, 6) is 0. The zero-order valence-corrected chi connectivity index (χ0v) is 12.5. The first-order valence-corrected chi connectivity index (χ1v) is 7.05. The number of halogens is 1. The quantitative estimate of drug-likeness (QED) is 0.855. The Morgan fingerprint density at radius 1 is 1.11 bits per heavy atom. The predicted molar refractivity (Wildman–Crippen MR) is 82.9 cm³/mol. The molecule has 0 aliphatic heterocycles. The average molecular weight is 274 g/mol. The predicted octanol–water partition coefficient (Wildman–Crippen LogP) is 4.66. The SMILES string of the molecule is CCNC(c1cccc(Cl)c1)c1ccc(C)cc1C. The second-order valence-corrected chi connectivity index (χ2v) is 5.34. The molecule has 1 unspecified atom stereocenters. The first kappa shape index (κ1) is 14.1. The van der Waals surface area contributed by atoms with E-state index < -0.39 is 0 Å². The number of rotatable bonds is 4. The van der Waals surface area contributed by atoms with Crippen molar-refractivity contribution in [2.45, 2.75) is 26.8 Å². The molecule has 0 heterocycles. The molecule has 0 aliphatic carbocycles. The van der Waals surface area contributed by atoms with E-state index in [0.717, 1.165) is 11.6 Å². The molecular weight excluding hydrogens is 254 g/mol. The smallest absolute Gasteiger partial charge is 0.0579 e. The van der Waals surface area contributed by atoms with Gasteiger partial charge in [-0.25, -0.2) is 0 Å². The van der Waals surface area contributed by atoms with Crippen molar-refractivity contribution in [3.63, 3.8) is 0 Å². The first-order valence-electron chi connectivity index (χ1n) is 6.68. The van der Waals surface area contributed by atoms with Gasteiger partial charge >= 0.3 is 0 Å². The van der Waals surface area contributed by atoms with Gasteiger partial charge in [0.05, 0.1) is 6.04 Å². The summed E-state index contributed by atoms with van der Waals surface area (Å²) >= 11 is 6.11. The van der Waals surface area contributed by atoms with Gasteiger partial charge in [-0.2, -0.15) is 0 Å². The minimum Gasteiger partial charge on any atom is -0.307 e. The van der Waals surface area contributed by atoms with Crippen LogP contribution >= 0.6 is 11.6 Å². The van der Waals surface area contributed by atoms with Crippen LogP contribution in [0.3, 0.4) is 0 Å². The van der Waals surface area contributed by atoms with Crippen molar-refractivity contribution in [3.8, 4) is 0 Å². The minimum absolute atomic E-state index is 0.198. The third-order valence-corrected chi connectivity index (χ3v) is 3.56. The maximum Gasteiger partial charge on any atom is 0.0579 e. The number of hydrogen-bond donors (Lipinski definition) is 1. The van der Waals surface area contributed by atoms with Gasteiger partial charge in [0.2, 0.25) is 0 Å². The van der Waals surface area contributed by atoms with E-state index in [2.05, 4.69) is 50.4 Å². The van der Waals surface area contributed by atoms with Crippen molar-refractivity contribution in [1.29, 1.82) is 0 Å². The fraction of sp³-hybridized carbons (Fsp3) is 0.294. The van der Waals surface area contributed by atoms with Crippen LogP contribution in [0.15, 0.2) is 42.5 Å². The van der Waals surface area contributed by atoms with Gasteiger partial charge in [0.15, 0.2) is 0 Å². The van der Waals surface area contributed by atoms with Gasteiger partial charge in [-0.3, -0.25) is 0 Å². The standard InChI is InChI=1S/C17H20ClN/c1-4-19-17(14-6-5-7-15(18)11-14)16-9-8-12(2)10-13(16)3/h5-11,17,19H,4H2,1-3H3. The van der Waals surface area contributed by atoms with Crippen LogP contribution in [-0.2, 0) is 0 Å². The molecule has 0 radical (unpaired) electrons. The van der Waals surface area contributed by atoms with E-state index in [9.17, 15) is 0 Å². The van der Waals surface area contributed by atoms with E-state index in [-0.39, 0.29) is 6.04 Å². The number of benzene rings is 2. The lowest BCUT2D eigenvalue weighted by atomic mass is 9.94. The Morgan fingerprint density at radius 2 is 1.89 bits per heavy atom. The molecule has 0 bridgehead atoms. The Kier molecular flexibility index (Phi) is 4.62. The topological polar surface area (TPSA) is 12.0 Å². The molecule has 0 aliphatic rings. The third-order valence-electron chi connectivity index (χ3n) is 3.33. The van der Waals surface area contributed by atoms with Gasteiger partial charge in [0, 0.05) is 5.02 Å². The zero-order chi connectivity index (χ0) is 13.8. The molecule has 2 aromatic carbocycles. The number of nitrogens with one attached hydrogen (secondary N) is 1. The van der Waals surface area contributed by atoms with Gasteiger partial charge < -0.3 is 5.32 Å². The van der Waals surface area contributed by atoms with Crippen LogP contribution in [0.2, 0.25) is 5.02 Å². The lowest BCUT2D eigenvalue weighted by Crippen LogP contribution is -2.22. The Labute approximate surface area is 120 Å². The second kappa shape index (κ2) is 6.23. The summed E-state index contributed by atoms with van der Waals surface area (Å²) < 4.78 is 0. The molecule has 2 heteroatoms. The maximum atomic E-state index is 6.11. The van der Waals surface area contributed by atoms with Crippen LogP contribution in [-0.4, -0.2) is 6.54 Å². The van der Waals surface area contributed by atoms with Crippen LogP contribution in [0, 0.1) is 13.8 Å². The van der Waals surface area contributed by atoms with Gasteiger partial charge in [-0.1, -0.05) is 54.4 Å². The van der Waals surface area contributed by atoms with Crippen molar-refractivity contribution in [2.24, 2.45) is 0 Å². The summed E-state index contributed by atoms with van der Waals surface area (Å²) in [6, 6.07) is 14.9. The summed E-state index contributed by atoms with van der Waals surface area (Å²) in [5.41, 5.74) is 5.13. The molecule has 2 rings (SSSR count). The van der Waals surface area contributed by atoms with E-state index >= 15 is 0 Å². The maximum absolute atomic E-state index is 6.11. The molecule has 19 heavy (non-hydrogen) atoms. The molecule has 100 valence electrons. The van der Waals surface area contributed by atoms with Crippen molar-refractivity contribution >= 4 is 11.6 Å².